The van der Waals surface area contributed by atoms with Crippen LogP contribution in [0.5, 0.6) is 0 Å². The van der Waals surface area contributed by atoms with E-state index in [4.69, 9.17) is 25.6 Å². The van der Waals surface area contributed by atoms with Crippen molar-refractivity contribution < 1.29 is 18.8 Å². The Morgan fingerprint density at radius 3 is 1.89 bits per heavy atom. The van der Waals surface area contributed by atoms with Gasteiger partial charge in [0, 0.05) is 10.8 Å². The highest BCUT2D eigenvalue weighted by Crippen LogP contribution is 2.42. The van der Waals surface area contributed by atoms with E-state index >= 15 is 0 Å². The summed E-state index contributed by atoms with van der Waals surface area (Å²) in [6, 6.07) is 15.8. The first-order valence-electron chi connectivity index (χ1n) is 9.41. The molecular weight excluding hydrogens is 375 g/mol. The Bertz CT molecular complexity index is 815. The van der Waals surface area contributed by atoms with Crippen LogP contribution in [-0.2, 0) is 18.8 Å². The van der Waals surface area contributed by atoms with Gasteiger partial charge in [0.25, 0.3) is 0 Å². The summed E-state index contributed by atoms with van der Waals surface area (Å²) in [5.74, 6) is -0.547. The zero-order valence-electron chi connectivity index (χ0n) is 17.0. The number of benzene rings is 2. The third-order valence-corrected chi connectivity index (χ3v) is 5.98. The third-order valence-electron chi connectivity index (χ3n) is 5.73. The molecule has 0 aliphatic carbocycles. The van der Waals surface area contributed by atoms with E-state index < -0.39 is 18.3 Å². The average molecular weight is 401 g/mol. The lowest BCUT2D eigenvalue weighted by Crippen LogP contribution is -2.41. The molecule has 0 radical (unpaired) electrons. The molecular formula is C22H26BClO4. The molecule has 1 saturated heterocycles. The van der Waals surface area contributed by atoms with Gasteiger partial charge in [-0.25, -0.2) is 0 Å². The van der Waals surface area contributed by atoms with Crippen LogP contribution >= 0.6 is 11.6 Å². The molecule has 1 aliphatic heterocycles. The molecule has 1 unspecified atom stereocenters. The predicted octanol–water partition coefficient (Wildman–Crippen LogP) is 5.29. The van der Waals surface area contributed by atoms with Crippen LogP contribution in [0.25, 0.3) is 11.1 Å². The van der Waals surface area contributed by atoms with E-state index in [0.717, 1.165) is 16.7 Å². The molecule has 28 heavy (non-hydrogen) atoms. The second-order valence-electron chi connectivity index (χ2n) is 8.14. The van der Waals surface area contributed by atoms with E-state index in [1.807, 2.05) is 76.2 Å². The minimum Gasteiger partial charge on any atom is -0.469 e. The average Bonchev–Trinajstić information content (AvgIpc) is 2.87. The fourth-order valence-electron chi connectivity index (χ4n) is 3.25. The molecule has 6 heteroatoms. The quantitative estimate of drug-likeness (QED) is 0.505. The Morgan fingerprint density at radius 1 is 0.964 bits per heavy atom. The van der Waals surface area contributed by atoms with E-state index in [9.17, 15) is 4.79 Å². The molecule has 148 valence electrons. The lowest BCUT2D eigenvalue weighted by atomic mass is 9.66. The SMILES string of the molecule is COC(=O)CC(B1OC(C)(C)C(C)(C)O1)c1ccc(-c2ccc(Cl)cc2)cc1. The standard InChI is InChI=1S/C22H26BClO4/c1-21(2)22(3,4)28-23(27-21)19(14-20(25)26-5)17-8-6-15(7-9-17)16-10-12-18(24)13-11-16/h6-13,19H,14H2,1-5H3. The van der Waals surface area contributed by atoms with Gasteiger partial charge in [0.1, 0.15) is 0 Å². The Balaban J connectivity index is 1.88. The van der Waals surface area contributed by atoms with E-state index in [2.05, 4.69) is 0 Å². The summed E-state index contributed by atoms with van der Waals surface area (Å²) in [6.07, 6.45) is 0.188. The van der Waals surface area contributed by atoms with Gasteiger partial charge in [0.05, 0.1) is 24.7 Å². The van der Waals surface area contributed by atoms with Crippen LogP contribution in [0, 0.1) is 0 Å². The molecule has 0 saturated carbocycles. The van der Waals surface area contributed by atoms with Gasteiger partial charge < -0.3 is 14.0 Å². The van der Waals surface area contributed by atoms with Crippen molar-refractivity contribution in [1.29, 1.82) is 0 Å². The van der Waals surface area contributed by atoms with Crippen LogP contribution < -0.4 is 0 Å². The fraction of sp³-hybridized carbons (Fsp3) is 0.409. The second-order valence-corrected chi connectivity index (χ2v) is 8.58. The summed E-state index contributed by atoms with van der Waals surface area (Å²) < 4.78 is 17.3. The van der Waals surface area contributed by atoms with E-state index in [1.54, 1.807) is 0 Å². The summed E-state index contributed by atoms with van der Waals surface area (Å²) in [5.41, 5.74) is 2.20. The Hall–Kier alpha value is -1.82. The van der Waals surface area contributed by atoms with E-state index in [-0.39, 0.29) is 18.2 Å². The van der Waals surface area contributed by atoms with E-state index in [0.29, 0.717) is 5.02 Å². The van der Waals surface area contributed by atoms with Crippen LogP contribution in [-0.4, -0.2) is 31.4 Å². The summed E-state index contributed by atoms with van der Waals surface area (Å²) in [5, 5.41) is 0.708. The van der Waals surface area contributed by atoms with Crippen molar-refractivity contribution in [3.63, 3.8) is 0 Å². The van der Waals surface area contributed by atoms with E-state index in [1.165, 1.54) is 7.11 Å². The van der Waals surface area contributed by atoms with Crippen molar-refractivity contribution in [2.45, 2.75) is 51.1 Å². The molecule has 0 bridgehead atoms. The zero-order valence-corrected chi connectivity index (χ0v) is 17.7. The van der Waals surface area contributed by atoms with Crippen LogP contribution in [0.2, 0.25) is 5.02 Å². The molecule has 3 rings (SSSR count). The van der Waals surface area contributed by atoms with Gasteiger partial charge in [-0.05, 0) is 56.5 Å². The normalized spacial score (nSPS) is 18.7. The molecule has 1 heterocycles. The number of hydrogen-bond acceptors (Lipinski definition) is 4. The van der Waals surface area contributed by atoms with Crippen LogP contribution in [0.3, 0.4) is 0 Å². The highest BCUT2D eigenvalue weighted by Gasteiger charge is 2.54. The number of esters is 1. The molecule has 0 N–H and O–H groups in total. The van der Waals surface area contributed by atoms with Crippen molar-refractivity contribution in [2.24, 2.45) is 0 Å². The Kier molecular flexibility index (Phi) is 5.90. The van der Waals surface area contributed by atoms with Gasteiger partial charge in [-0.3, -0.25) is 4.79 Å². The number of halogens is 1. The van der Waals surface area contributed by atoms with Crippen molar-refractivity contribution in [3.8, 4) is 11.1 Å². The molecule has 2 aromatic rings. The lowest BCUT2D eigenvalue weighted by molar-refractivity contribution is -0.140. The Labute approximate surface area is 172 Å². The maximum absolute atomic E-state index is 12.0. The maximum atomic E-state index is 12.0. The lowest BCUT2D eigenvalue weighted by Gasteiger charge is -2.32. The molecule has 0 spiro atoms. The number of carbonyl (C=O) groups excluding carboxylic acids is 1. The van der Waals surface area contributed by atoms with Crippen LogP contribution in [0.4, 0.5) is 0 Å². The van der Waals surface area contributed by atoms with Gasteiger partial charge in [0.2, 0.25) is 0 Å². The zero-order chi connectivity index (χ0) is 20.5. The fourth-order valence-corrected chi connectivity index (χ4v) is 3.38. The van der Waals surface area contributed by atoms with Crippen LogP contribution in [0.1, 0.15) is 45.5 Å². The highest BCUT2D eigenvalue weighted by atomic mass is 35.5. The molecule has 2 aromatic carbocycles. The first-order valence-corrected chi connectivity index (χ1v) is 9.79. The second kappa shape index (κ2) is 7.90. The Morgan fingerprint density at radius 2 is 1.43 bits per heavy atom. The predicted molar refractivity (Wildman–Crippen MR) is 112 cm³/mol. The topological polar surface area (TPSA) is 44.8 Å². The number of methoxy groups -OCH3 is 1. The number of ether oxygens (including phenoxy) is 1. The van der Waals surface area contributed by atoms with Crippen LogP contribution in [0.15, 0.2) is 48.5 Å². The minimum atomic E-state index is -0.523. The number of rotatable bonds is 5. The third kappa shape index (κ3) is 4.27. The smallest absolute Gasteiger partial charge is 0.466 e. The number of hydrogen-bond donors (Lipinski definition) is 0. The minimum absolute atomic E-state index is 0.188. The summed E-state index contributed by atoms with van der Waals surface area (Å²) in [6.45, 7) is 8.02. The molecule has 4 nitrogen and oxygen atoms in total. The summed E-state index contributed by atoms with van der Waals surface area (Å²) in [4.78, 5) is 12.0. The van der Waals surface area contributed by atoms with Gasteiger partial charge in [-0.15, -0.1) is 0 Å². The van der Waals surface area contributed by atoms with Crippen molar-refractivity contribution in [2.75, 3.05) is 7.11 Å². The monoisotopic (exact) mass is 400 g/mol. The molecule has 1 atom stereocenters. The maximum Gasteiger partial charge on any atom is 0.466 e. The largest absolute Gasteiger partial charge is 0.469 e. The first-order chi connectivity index (χ1) is 13.1. The summed E-state index contributed by atoms with van der Waals surface area (Å²) >= 11 is 5.98. The van der Waals surface area contributed by atoms with Gasteiger partial charge >= 0.3 is 13.1 Å². The van der Waals surface area contributed by atoms with Crippen molar-refractivity contribution in [1.82, 2.24) is 0 Å². The van der Waals surface area contributed by atoms with Gasteiger partial charge in [-0.2, -0.15) is 0 Å². The molecule has 0 amide bonds. The summed E-state index contributed by atoms with van der Waals surface area (Å²) in [7, 11) is 0.873. The molecule has 1 fully saturated rings. The molecule has 1 aliphatic rings. The molecule has 0 aromatic heterocycles. The van der Waals surface area contributed by atoms with Gasteiger partial charge in [-0.1, -0.05) is 48.0 Å². The first kappa shape index (κ1) is 20.9. The van der Waals surface area contributed by atoms with Crippen molar-refractivity contribution >= 4 is 24.7 Å². The van der Waals surface area contributed by atoms with Crippen molar-refractivity contribution in [3.05, 3.63) is 59.1 Å². The highest BCUT2D eigenvalue weighted by molar-refractivity contribution is 6.48. The van der Waals surface area contributed by atoms with Gasteiger partial charge in [0.15, 0.2) is 0 Å². The number of carbonyl (C=O) groups is 1.